The maximum atomic E-state index is 9.54. The van der Waals surface area contributed by atoms with E-state index in [9.17, 15) is 5.11 Å². The molecule has 2 unspecified atom stereocenters. The van der Waals surface area contributed by atoms with Crippen molar-refractivity contribution >= 4 is 0 Å². The van der Waals surface area contributed by atoms with Gasteiger partial charge in [-0.3, -0.25) is 4.90 Å². The lowest BCUT2D eigenvalue weighted by Gasteiger charge is -2.33. The van der Waals surface area contributed by atoms with Crippen molar-refractivity contribution in [2.24, 2.45) is 5.92 Å². The van der Waals surface area contributed by atoms with Gasteiger partial charge >= 0.3 is 0 Å². The van der Waals surface area contributed by atoms with Gasteiger partial charge in [0.05, 0.1) is 6.10 Å². The molecule has 2 rings (SSSR count). The van der Waals surface area contributed by atoms with Gasteiger partial charge in [-0.25, -0.2) is 0 Å². The van der Waals surface area contributed by atoms with Gasteiger partial charge in [-0.05, 0) is 45.7 Å². The van der Waals surface area contributed by atoms with Crippen molar-refractivity contribution < 1.29 is 5.11 Å². The predicted octanol–water partition coefficient (Wildman–Crippen LogP) is 1.17. The van der Waals surface area contributed by atoms with Crippen molar-refractivity contribution in [3.05, 3.63) is 0 Å². The van der Waals surface area contributed by atoms with Crippen LogP contribution in [0.5, 0.6) is 0 Å². The highest BCUT2D eigenvalue weighted by atomic mass is 16.3. The van der Waals surface area contributed by atoms with Crippen molar-refractivity contribution in [2.75, 3.05) is 27.2 Å². The maximum absolute atomic E-state index is 9.54. The molecule has 2 fully saturated rings. The number of hydrogen-bond donors (Lipinski definition) is 1. The molecule has 16 heavy (non-hydrogen) atoms. The Morgan fingerprint density at radius 1 is 1.06 bits per heavy atom. The van der Waals surface area contributed by atoms with Crippen LogP contribution >= 0.6 is 0 Å². The fourth-order valence-corrected chi connectivity index (χ4v) is 3.38. The molecule has 0 aromatic rings. The average Bonchev–Trinajstić information content (AvgIpc) is 2.61. The highest BCUT2D eigenvalue weighted by molar-refractivity contribution is 4.91. The Morgan fingerprint density at radius 2 is 1.69 bits per heavy atom. The zero-order valence-corrected chi connectivity index (χ0v) is 10.9. The van der Waals surface area contributed by atoms with Gasteiger partial charge in [-0.2, -0.15) is 0 Å². The second-order valence-corrected chi connectivity index (χ2v) is 5.92. The van der Waals surface area contributed by atoms with Gasteiger partial charge in [0, 0.05) is 25.2 Å². The number of aliphatic hydroxyl groups excluding tert-OH is 1. The van der Waals surface area contributed by atoms with E-state index in [1.54, 1.807) is 0 Å². The van der Waals surface area contributed by atoms with E-state index in [0.29, 0.717) is 6.04 Å². The first-order valence-electron chi connectivity index (χ1n) is 6.66. The summed E-state index contributed by atoms with van der Waals surface area (Å²) in [5.74, 6) is 0.779. The van der Waals surface area contributed by atoms with Crippen LogP contribution in [0, 0.1) is 5.92 Å². The molecule has 1 N–H and O–H groups in total. The summed E-state index contributed by atoms with van der Waals surface area (Å²) in [5.41, 5.74) is 0. The average molecular weight is 226 g/mol. The van der Waals surface area contributed by atoms with Crippen LogP contribution in [-0.4, -0.2) is 60.3 Å². The molecule has 0 spiro atoms. The van der Waals surface area contributed by atoms with E-state index in [1.807, 2.05) is 0 Å². The first-order chi connectivity index (χ1) is 7.58. The highest BCUT2D eigenvalue weighted by Gasteiger charge is 2.35. The Labute approximate surface area is 99.4 Å². The summed E-state index contributed by atoms with van der Waals surface area (Å²) in [7, 11) is 4.38. The summed E-state index contributed by atoms with van der Waals surface area (Å²) in [6.07, 6.45) is 4.35. The second-order valence-electron chi connectivity index (χ2n) is 5.92. The molecule has 1 saturated heterocycles. The molecule has 0 amide bonds. The zero-order chi connectivity index (χ0) is 11.7. The van der Waals surface area contributed by atoms with Gasteiger partial charge in [0.25, 0.3) is 0 Å². The van der Waals surface area contributed by atoms with Crippen molar-refractivity contribution in [1.82, 2.24) is 9.80 Å². The summed E-state index contributed by atoms with van der Waals surface area (Å²) in [6.45, 7) is 4.82. The molecule has 1 heterocycles. The molecule has 3 heteroatoms. The van der Waals surface area contributed by atoms with Gasteiger partial charge in [0.15, 0.2) is 0 Å². The predicted molar refractivity (Wildman–Crippen MR) is 66.5 cm³/mol. The molecule has 1 saturated carbocycles. The molecule has 2 aliphatic rings. The van der Waals surface area contributed by atoms with E-state index in [1.165, 1.54) is 25.9 Å². The van der Waals surface area contributed by atoms with Crippen molar-refractivity contribution in [3.63, 3.8) is 0 Å². The number of likely N-dealkylation sites (N-methyl/N-ethyl adjacent to an activating group) is 1. The van der Waals surface area contributed by atoms with Crippen LogP contribution in [0.2, 0.25) is 0 Å². The van der Waals surface area contributed by atoms with Gasteiger partial charge in [0.2, 0.25) is 0 Å². The standard InChI is InChI=1S/C13H26N2O/c1-10-8-15(9-13(10)14(2)3)11-4-6-12(16)7-5-11/h10-13,16H,4-9H2,1-3H3. The summed E-state index contributed by atoms with van der Waals surface area (Å²) in [6, 6.07) is 1.45. The van der Waals surface area contributed by atoms with E-state index < -0.39 is 0 Å². The number of rotatable bonds is 2. The van der Waals surface area contributed by atoms with Gasteiger partial charge in [0.1, 0.15) is 0 Å². The molecule has 3 nitrogen and oxygen atoms in total. The van der Waals surface area contributed by atoms with Gasteiger partial charge < -0.3 is 10.0 Å². The van der Waals surface area contributed by atoms with Crippen LogP contribution in [0.25, 0.3) is 0 Å². The number of nitrogens with zero attached hydrogens (tertiary/aromatic N) is 2. The van der Waals surface area contributed by atoms with Gasteiger partial charge in [-0.15, -0.1) is 0 Å². The minimum atomic E-state index is -0.0269. The maximum Gasteiger partial charge on any atom is 0.0541 e. The lowest BCUT2D eigenvalue weighted by molar-refractivity contribution is 0.0806. The van der Waals surface area contributed by atoms with Crippen molar-refractivity contribution in [1.29, 1.82) is 0 Å². The van der Waals surface area contributed by atoms with E-state index in [0.717, 1.165) is 24.8 Å². The first-order valence-corrected chi connectivity index (χ1v) is 6.66. The lowest BCUT2D eigenvalue weighted by atomic mass is 9.92. The third kappa shape index (κ3) is 2.58. The SMILES string of the molecule is CC1CN(C2CCC(O)CC2)CC1N(C)C. The highest BCUT2D eigenvalue weighted by Crippen LogP contribution is 2.29. The van der Waals surface area contributed by atoms with Crippen LogP contribution in [0.3, 0.4) is 0 Å². The Bertz CT molecular complexity index is 224. The second kappa shape index (κ2) is 5.03. The first kappa shape index (κ1) is 12.3. The Hall–Kier alpha value is -0.120. The van der Waals surface area contributed by atoms with E-state index in [4.69, 9.17) is 0 Å². The molecule has 1 aliphatic carbocycles. The number of aliphatic hydroxyl groups is 1. The molecule has 94 valence electrons. The fraction of sp³-hybridized carbons (Fsp3) is 1.00. The fourth-order valence-electron chi connectivity index (χ4n) is 3.38. The largest absolute Gasteiger partial charge is 0.393 e. The normalized spacial score (nSPS) is 41.8. The van der Waals surface area contributed by atoms with Gasteiger partial charge in [-0.1, -0.05) is 6.92 Å². The Kier molecular flexibility index (Phi) is 3.88. The van der Waals surface area contributed by atoms with E-state index in [2.05, 4.69) is 30.8 Å². The third-order valence-corrected chi connectivity index (χ3v) is 4.45. The topological polar surface area (TPSA) is 26.7 Å². The molecule has 0 radical (unpaired) electrons. The Balaban J connectivity index is 1.88. The van der Waals surface area contributed by atoms with E-state index >= 15 is 0 Å². The molecular weight excluding hydrogens is 200 g/mol. The minimum absolute atomic E-state index is 0.0269. The van der Waals surface area contributed by atoms with Crippen LogP contribution < -0.4 is 0 Å². The molecule has 1 aliphatic heterocycles. The van der Waals surface area contributed by atoms with E-state index in [-0.39, 0.29) is 6.10 Å². The summed E-state index contributed by atoms with van der Waals surface area (Å²) >= 11 is 0. The van der Waals surface area contributed by atoms with Crippen LogP contribution in [0.15, 0.2) is 0 Å². The van der Waals surface area contributed by atoms with Crippen molar-refractivity contribution in [3.8, 4) is 0 Å². The van der Waals surface area contributed by atoms with Crippen molar-refractivity contribution in [2.45, 2.75) is 50.8 Å². The monoisotopic (exact) mass is 226 g/mol. The number of likely N-dealkylation sites (tertiary alicyclic amines) is 1. The van der Waals surface area contributed by atoms with Crippen LogP contribution in [0.1, 0.15) is 32.6 Å². The molecule has 0 aromatic heterocycles. The summed E-state index contributed by atoms with van der Waals surface area (Å²) in [4.78, 5) is 5.02. The smallest absolute Gasteiger partial charge is 0.0541 e. The Morgan fingerprint density at radius 3 is 2.19 bits per heavy atom. The summed E-state index contributed by atoms with van der Waals surface area (Å²) < 4.78 is 0. The zero-order valence-electron chi connectivity index (χ0n) is 10.9. The quantitative estimate of drug-likeness (QED) is 0.766. The molecule has 0 bridgehead atoms. The molecular formula is C13H26N2O. The minimum Gasteiger partial charge on any atom is -0.393 e. The van der Waals surface area contributed by atoms with Crippen LogP contribution in [-0.2, 0) is 0 Å². The summed E-state index contributed by atoms with van der Waals surface area (Å²) in [5, 5.41) is 9.54. The van der Waals surface area contributed by atoms with Crippen LogP contribution in [0.4, 0.5) is 0 Å². The number of hydrogen-bond acceptors (Lipinski definition) is 3. The molecule has 0 aromatic carbocycles. The third-order valence-electron chi connectivity index (χ3n) is 4.45. The lowest BCUT2D eigenvalue weighted by Crippen LogP contribution is -2.40. The molecule has 2 atom stereocenters.